The number of aromatic nitrogens is 1. The van der Waals surface area contributed by atoms with Gasteiger partial charge in [-0.2, -0.15) is 0 Å². The molecule has 2 heteroatoms. The largest absolute Gasteiger partial charge is 0.456 e. The van der Waals surface area contributed by atoms with Crippen molar-refractivity contribution in [1.82, 2.24) is 4.98 Å². The Labute approximate surface area is 210 Å². The van der Waals surface area contributed by atoms with Gasteiger partial charge in [0.25, 0.3) is 0 Å². The van der Waals surface area contributed by atoms with E-state index in [9.17, 15) is 0 Å². The van der Waals surface area contributed by atoms with E-state index in [-0.39, 0.29) is 11.1 Å². The highest BCUT2D eigenvalue weighted by Gasteiger charge is 2.14. The molecule has 0 radical (unpaired) electrons. The van der Waals surface area contributed by atoms with Gasteiger partial charge in [-0.1, -0.05) is 72.8 Å². The third-order valence-corrected chi connectivity index (χ3v) is 6.61. The molecule has 2 heterocycles. The number of hydrogen-bond acceptors (Lipinski definition) is 2. The molecular weight excluding hydrogens is 426 g/mol. The third-order valence-electron chi connectivity index (χ3n) is 6.61. The molecule has 166 valence electrons. The molecular formula is C33H23NO. The molecule has 0 saturated carbocycles. The molecule has 0 saturated heterocycles. The predicted molar refractivity (Wildman–Crippen MR) is 146 cm³/mol. The Morgan fingerprint density at radius 2 is 1.57 bits per heavy atom. The summed E-state index contributed by atoms with van der Waals surface area (Å²) in [4.78, 5) is 4.50. The second-order valence-corrected chi connectivity index (χ2v) is 8.74. The van der Waals surface area contributed by atoms with E-state index >= 15 is 0 Å². The van der Waals surface area contributed by atoms with Crippen molar-refractivity contribution in [2.75, 3.05) is 0 Å². The smallest absolute Gasteiger partial charge is 0.136 e. The molecule has 0 spiro atoms. The maximum atomic E-state index is 8.93. The molecule has 0 aliphatic heterocycles. The fraction of sp³-hybridized carbons (Fsp3) is 0.0606. The van der Waals surface area contributed by atoms with Crippen LogP contribution in [0.1, 0.15) is 23.5 Å². The summed E-state index contributed by atoms with van der Waals surface area (Å²) >= 11 is 0. The summed E-state index contributed by atoms with van der Waals surface area (Å²) in [7, 11) is 0. The summed E-state index contributed by atoms with van der Waals surface area (Å²) in [5.41, 5.74) is 3.11. The van der Waals surface area contributed by atoms with Gasteiger partial charge in [0.15, 0.2) is 0 Å². The van der Waals surface area contributed by atoms with Crippen LogP contribution in [0.4, 0.5) is 0 Å². The van der Waals surface area contributed by atoms with Gasteiger partial charge in [0, 0.05) is 29.4 Å². The molecule has 2 nitrogen and oxygen atoms in total. The van der Waals surface area contributed by atoms with Crippen molar-refractivity contribution in [3.05, 3.63) is 126 Å². The maximum Gasteiger partial charge on any atom is 0.136 e. The number of rotatable bonds is 3. The fourth-order valence-electron chi connectivity index (χ4n) is 4.92. The molecule has 0 amide bonds. The molecule has 0 fully saturated rings. The third kappa shape index (κ3) is 3.30. The monoisotopic (exact) mass is 454 g/mol. The lowest BCUT2D eigenvalue weighted by Crippen LogP contribution is -1.95. The van der Waals surface area contributed by atoms with Crippen LogP contribution >= 0.6 is 0 Å². The number of aryl methyl sites for hydroxylation is 1. The summed E-state index contributed by atoms with van der Waals surface area (Å²) in [6.45, 7) is -2.52. The second-order valence-electron chi connectivity index (χ2n) is 8.74. The molecule has 0 atom stereocenters. The van der Waals surface area contributed by atoms with Crippen molar-refractivity contribution in [1.29, 1.82) is 0 Å². The summed E-state index contributed by atoms with van der Waals surface area (Å²) in [6.07, 6.45) is -0.746. The first-order chi connectivity index (χ1) is 19.2. The summed E-state index contributed by atoms with van der Waals surface area (Å²) in [5.74, 6) is 0. The molecule has 0 N–H and O–H groups in total. The lowest BCUT2D eigenvalue weighted by atomic mass is 9.97. The highest BCUT2D eigenvalue weighted by atomic mass is 16.3. The van der Waals surface area contributed by atoms with Gasteiger partial charge in [-0.3, -0.25) is 4.98 Å². The van der Waals surface area contributed by atoms with Crippen LogP contribution < -0.4 is 0 Å². The Morgan fingerprint density at radius 3 is 2.49 bits per heavy atom. The topological polar surface area (TPSA) is 26.0 Å². The highest BCUT2D eigenvalue weighted by Crippen LogP contribution is 2.38. The first kappa shape index (κ1) is 15.5. The average Bonchev–Trinajstić information content (AvgIpc) is 3.35. The minimum Gasteiger partial charge on any atom is -0.456 e. The van der Waals surface area contributed by atoms with Crippen LogP contribution in [0.2, 0.25) is 0 Å². The Morgan fingerprint density at radius 1 is 0.743 bits per heavy atom. The van der Waals surface area contributed by atoms with Crippen molar-refractivity contribution < 1.29 is 11.3 Å². The highest BCUT2D eigenvalue weighted by molar-refractivity contribution is 6.23. The minimum absolute atomic E-state index is 0.0813. The molecule has 0 bridgehead atoms. The molecule has 7 aromatic rings. The van der Waals surface area contributed by atoms with Crippen molar-refractivity contribution >= 4 is 43.5 Å². The van der Waals surface area contributed by atoms with E-state index in [2.05, 4.69) is 35.3 Å². The second kappa shape index (κ2) is 7.82. The Hall–Kier alpha value is -4.43. The van der Waals surface area contributed by atoms with Gasteiger partial charge < -0.3 is 4.42 Å². The van der Waals surface area contributed by atoms with Crippen LogP contribution in [-0.2, 0) is 6.37 Å². The van der Waals surface area contributed by atoms with Gasteiger partial charge in [0.1, 0.15) is 11.2 Å². The number of benzene rings is 5. The van der Waals surface area contributed by atoms with Crippen molar-refractivity contribution in [2.45, 2.75) is 13.2 Å². The Kier molecular flexibility index (Phi) is 3.45. The minimum atomic E-state index is -2.52. The Bertz CT molecular complexity index is 2080. The zero-order valence-corrected chi connectivity index (χ0v) is 18.7. The van der Waals surface area contributed by atoms with Gasteiger partial charge >= 0.3 is 0 Å². The zero-order chi connectivity index (χ0) is 27.6. The van der Waals surface area contributed by atoms with Crippen LogP contribution in [0.3, 0.4) is 0 Å². The van der Waals surface area contributed by atoms with E-state index in [0.29, 0.717) is 11.3 Å². The van der Waals surface area contributed by atoms with E-state index in [0.717, 1.165) is 38.3 Å². The number of hydrogen-bond donors (Lipinski definition) is 0. The lowest BCUT2D eigenvalue weighted by Gasteiger charge is -2.09. The molecule has 0 aliphatic carbocycles. The number of nitrogens with zero attached hydrogens (tertiary/aromatic N) is 1. The quantitative estimate of drug-likeness (QED) is 0.249. The van der Waals surface area contributed by atoms with Crippen molar-refractivity contribution in [3.8, 4) is 11.3 Å². The van der Waals surface area contributed by atoms with E-state index < -0.39 is 13.2 Å². The van der Waals surface area contributed by atoms with Gasteiger partial charge in [0.2, 0.25) is 0 Å². The number of fused-ring (bicyclic) bond motifs is 7. The maximum absolute atomic E-state index is 8.93. The first-order valence-corrected chi connectivity index (χ1v) is 11.6. The SMILES string of the molecule is [2H]C([2H])([2H])c1cnc(-c2ccc3oc4ccc5c6ccccc6ccc5c4c3c2)cc1C([2H])([2H])c1ccccc1. The molecule has 0 unspecified atom stereocenters. The molecule has 0 aliphatic rings. The summed E-state index contributed by atoms with van der Waals surface area (Å²) in [5, 5.41) is 6.47. The van der Waals surface area contributed by atoms with Crippen molar-refractivity contribution in [2.24, 2.45) is 0 Å². The van der Waals surface area contributed by atoms with E-state index in [1.807, 2.05) is 36.4 Å². The summed E-state index contributed by atoms with van der Waals surface area (Å²) in [6, 6.07) is 32.6. The van der Waals surface area contributed by atoms with Gasteiger partial charge in [-0.25, -0.2) is 0 Å². The number of furan rings is 1. The first-order valence-electron chi connectivity index (χ1n) is 14.1. The van der Waals surface area contributed by atoms with Gasteiger partial charge in [0.05, 0.1) is 5.69 Å². The van der Waals surface area contributed by atoms with Crippen LogP contribution in [0.15, 0.2) is 114 Å². The lowest BCUT2D eigenvalue weighted by molar-refractivity contribution is 0.669. The van der Waals surface area contributed by atoms with Crippen molar-refractivity contribution in [3.63, 3.8) is 0 Å². The standard InChI is InChI=1S/C33H23NO/c1-21-20-34-30(19-25(21)17-22-7-3-2-4-8-22)24-12-15-31-29(18-24)33-28-13-11-23-9-5-6-10-26(23)27(28)14-16-32(33)35-31/h2-16,18-20H,17H2,1H3/i1D3,17D2. The van der Waals surface area contributed by atoms with Crippen LogP contribution in [0.5, 0.6) is 0 Å². The predicted octanol–water partition coefficient (Wildman–Crippen LogP) is 8.85. The molecule has 2 aromatic heterocycles. The van der Waals surface area contributed by atoms with Gasteiger partial charge in [-0.15, -0.1) is 0 Å². The Balaban J connectivity index is 1.45. The molecule has 5 aromatic carbocycles. The molecule has 7 rings (SSSR count). The van der Waals surface area contributed by atoms with Crippen LogP contribution in [0.25, 0.3) is 54.7 Å². The van der Waals surface area contributed by atoms with Gasteiger partial charge in [-0.05, 0) is 81.8 Å². The van der Waals surface area contributed by atoms with E-state index in [1.54, 1.807) is 36.4 Å². The fourth-order valence-corrected chi connectivity index (χ4v) is 4.92. The normalized spacial score (nSPS) is 14.6. The van der Waals surface area contributed by atoms with E-state index in [1.165, 1.54) is 17.0 Å². The van der Waals surface area contributed by atoms with Crippen LogP contribution in [0, 0.1) is 6.85 Å². The summed E-state index contributed by atoms with van der Waals surface area (Å²) < 4.78 is 48.2. The average molecular weight is 455 g/mol. The number of pyridine rings is 1. The van der Waals surface area contributed by atoms with Crippen LogP contribution in [-0.4, -0.2) is 4.98 Å². The van der Waals surface area contributed by atoms with E-state index in [4.69, 9.17) is 11.3 Å². The zero-order valence-electron chi connectivity index (χ0n) is 23.7. The molecule has 35 heavy (non-hydrogen) atoms.